The van der Waals surface area contributed by atoms with Crippen LogP contribution in [-0.4, -0.2) is 128 Å². The standard InChI is InChI=1S/C54H71BN10O8/c1-8-59-51(70)48(57)65(47(56)41-30-40(35(4)5)44(66)31-45(41)67)39-16-14-37(15-17-39)33-63-24-18-38(19-25-63)52(71)64-26-20-54(21-27-64)53(6,7)72-55(73-54)46(28-34(2)3)62-49(68)42(29-36-12-10-9-11-13-36)61-50(69)43-32-58-22-23-60-43/h9-17,22-23,30-32,34-35,38,42,46,56-57,66-67H,8,18-21,24-29,33H2,1-7H3,(H,59,70)(H,61,69)(H,62,68). The van der Waals surface area contributed by atoms with Gasteiger partial charge in [-0.25, -0.2) is 4.98 Å². The predicted molar refractivity (Wildman–Crippen MR) is 279 cm³/mol. The highest BCUT2D eigenvalue weighted by Crippen LogP contribution is 2.46. The fraction of sp³-hybridized carbons (Fsp3) is 0.481. The number of phenols is 2. The molecule has 388 valence electrons. The first-order chi connectivity index (χ1) is 34.8. The van der Waals surface area contributed by atoms with Crippen molar-refractivity contribution in [1.82, 2.24) is 35.7 Å². The SMILES string of the molecule is CCNC(=O)C(=N)N(C(=N)c1cc(C(C)C)c(O)cc1O)c1ccc(CN2CCC(C(=O)N3CCC4(CC3)OB(C(CC(C)C)NC(=O)C(Cc3ccccc3)NC(=O)c3cnccn3)OC4(C)C)CC2)cc1. The molecule has 0 bridgehead atoms. The van der Waals surface area contributed by atoms with Crippen molar-refractivity contribution in [3.8, 4) is 11.5 Å². The molecule has 18 nitrogen and oxygen atoms in total. The molecular weight excluding hydrogens is 927 g/mol. The normalized spacial score (nSPS) is 17.5. The van der Waals surface area contributed by atoms with Crippen LogP contribution in [-0.2, 0) is 36.7 Å². The van der Waals surface area contributed by atoms with Crippen molar-refractivity contribution in [2.24, 2.45) is 11.8 Å². The van der Waals surface area contributed by atoms with Crippen LogP contribution in [0.4, 0.5) is 5.69 Å². The van der Waals surface area contributed by atoms with E-state index in [-0.39, 0.29) is 71.1 Å². The Hall–Kier alpha value is -6.70. The molecule has 0 aliphatic carbocycles. The number of nitrogens with one attached hydrogen (secondary N) is 5. The molecule has 4 heterocycles. The molecule has 19 heteroatoms. The fourth-order valence-electron chi connectivity index (χ4n) is 10.2. The minimum Gasteiger partial charge on any atom is -0.508 e. The maximum absolute atomic E-state index is 14.2. The molecule has 4 amide bonds. The van der Waals surface area contributed by atoms with Crippen molar-refractivity contribution in [2.45, 2.75) is 123 Å². The minimum absolute atomic E-state index is 0.0716. The van der Waals surface area contributed by atoms with Gasteiger partial charge in [-0.3, -0.25) is 44.8 Å². The Labute approximate surface area is 428 Å². The Bertz CT molecular complexity index is 2600. The molecular formula is C54H71BN10O8. The van der Waals surface area contributed by atoms with Gasteiger partial charge in [0.15, 0.2) is 5.84 Å². The van der Waals surface area contributed by atoms with Crippen LogP contribution in [0.25, 0.3) is 0 Å². The number of anilines is 1. The number of carbonyl (C=O) groups is 4. The van der Waals surface area contributed by atoms with Gasteiger partial charge in [-0.1, -0.05) is 70.2 Å². The van der Waals surface area contributed by atoms with Crippen LogP contribution in [0.2, 0.25) is 0 Å². The van der Waals surface area contributed by atoms with Gasteiger partial charge in [-0.2, -0.15) is 0 Å². The van der Waals surface area contributed by atoms with E-state index in [1.54, 1.807) is 19.1 Å². The maximum Gasteiger partial charge on any atom is 0.481 e. The molecule has 3 aliphatic rings. The van der Waals surface area contributed by atoms with E-state index in [0.717, 1.165) is 24.2 Å². The molecule has 3 aliphatic heterocycles. The van der Waals surface area contributed by atoms with Crippen molar-refractivity contribution >= 4 is 48.1 Å². The Balaban J connectivity index is 0.946. The monoisotopic (exact) mass is 999 g/mol. The van der Waals surface area contributed by atoms with Gasteiger partial charge in [-0.15, -0.1) is 0 Å². The number of aromatic nitrogens is 2. The first-order valence-electron chi connectivity index (χ1n) is 25.5. The van der Waals surface area contributed by atoms with Crippen molar-refractivity contribution in [3.05, 3.63) is 113 Å². The van der Waals surface area contributed by atoms with Gasteiger partial charge in [0, 0.05) is 62.7 Å². The summed E-state index contributed by atoms with van der Waals surface area (Å²) in [6.07, 6.45) is 7.64. The summed E-state index contributed by atoms with van der Waals surface area (Å²) >= 11 is 0. The van der Waals surface area contributed by atoms with E-state index in [4.69, 9.17) is 20.1 Å². The number of nitrogens with zero attached hydrogens (tertiary/aromatic N) is 5. The smallest absolute Gasteiger partial charge is 0.481 e. The van der Waals surface area contributed by atoms with E-state index < -0.39 is 48.0 Å². The lowest BCUT2D eigenvalue weighted by Gasteiger charge is -2.46. The highest BCUT2D eigenvalue weighted by Gasteiger charge is 2.60. The largest absolute Gasteiger partial charge is 0.508 e. The van der Waals surface area contributed by atoms with Crippen LogP contribution in [0.3, 0.4) is 0 Å². The summed E-state index contributed by atoms with van der Waals surface area (Å²) in [5, 5.41) is 47.8. The number of aromatic hydroxyl groups is 2. The van der Waals surface area contributed by atoms with Crippen LogP contribution in [0.5, 0.6) is 11.5 Å². The fourth-order valence-corrected chi connectivity index (χ4v) is 10.2. The first kappa shape index (κ1) is 54.1. The predicted octanol–water partition coefficient (Wildman–Crippen LogP) is 5.95. The summed E-state index contributed by atoms with van der Waals surface area (Å²) < 4.78 is 13.6. The lowest BCUT2D eigenvalue weighted by Crippen LogP contribution is -2.57. The lowest BCUT2D eigenvalue weighted by molar-refractivity contribution is -0.143. The third-order valence-electron chi connectivity index (χ3n) is 14.4. The lowest BCUT2D eigenvalue weighted by atomic mass is 9.73. The maximum atomic E-state index is 14.2. The number of phenolic OH excluding ortho intramolecular Hbond substituents is 2. The number of hydrogen-bond donors (Lipinski definition) is 7. The molecule has 2 atom stereocenters. The quantitative estimate of drug-likeness (QED) is 0.0391. The van der Waals surface area contributed by atoms with Gasteiger partial charge in [-0.05, 0) is 113 Å². The minimum atomic E-state index is -0.916. The topological polar surface area (TPSA) is 246 Å². The third kappa shape index (κ3) is 12.7. The molecule has 7 rings (SSSR count). The molecule has 4 aromatic rings. The number of carbonyl (C=O) groups excluding carboxylic acids is 4. The Morgan fingerprint density at radius 1 is 0.877 bits per heavy atom. The van der Waals surface area contributed by atoms with Crippen LogP contribution in [0, 0.1) is 22.7 Å². The van der Waals surface area contributed by atoms with Crippen LogP contribution < -0.4 is 20.9 Å². The molecule has 7 N–H and O–H groups in total. The summed E-state index contributed by atoms with van der Waals surface area (Å²) in [5.74, 6) is -3.22. The van der Waals surface area contributed by atoms with Gasteiger partial charge in [0.2, 0.25) is 11.8 Å². The van der Waals surface area contributed by atoms with Crippen molar-refractivity contribution in [1.29, 1.82) is 10.8 Å². The van der Waals surface area contributed by atoms with Gasteiger partial charge in [0.25, 0.3) is 11.8 Å². The average Bonchev–Trinajstić information content (AvgIpc) is 3.62. The number of amidine groups is 2. The highest BCUT2D eigenvalue weighted by atomic mass is 16.7. The van der Waals surface area contributed by atoms with Crippen molar-refractivity contribution in [2.75, 3.05) is 37.6 Å². The van der Waals surface area contributed by atoms with Gasteiger partial charge in [0.1, 0.15) is 29.1 Å². The van der Waals surface area contributed by atoms with E-state index in [1.807, 2.05) is 75.1 Å². The number of hydrogen-bond acceptors (Lipinski definition) is 13. The highest BCUT2D eigenvalue weighted by molar-refractivity contribution is 6.48. The Kier molecular flexibility index (Phi) is 17.4. The van der Waals surface area contributed by atoms with Crippen molar-refractivity contribution < 1.29 is 38.7 Å². The number of likely N-dealkylation sites (N-methyl/N-ethyl adjacent to an activating group) is 1. The molecule has 2 unspecified atom stereocenters. The van der Waals surface area contributed by atoms with E-state index >= 15 is 0 Å². The average molecular weight is 999 g/mol. The number of piperidine rings is 2. The van der Waals surface area contributed by atoms with E-state index in [2.05, 4.69) is 44.7 Å². The van der Waals surface area contributed by atoms with Gasteiger partial charge >= 0.3 is 7.12 Å². The van der Waals surface area contributed by atoms with E-state index in [0.29, 0.717) is 63.0 Å². The Morgan fingerprint density at radius 3 is 2.18 bits per heavy atom. The summed E-state index contributed by atoms with van der Waals surface area (Å²) in [7, 11) is -0.761. The molecule has 3 saturated heterocycles. The van der Waals surface area contributed by atoms with E-state index in [9.17, 15) is 29.4 Å². The molecule has 0 saturated carbocycles. The van der Waals surface area contributed by atoms with Gasteiger partial charge < -0.3 is 40.4 Å². The molecule has 73 heavy (non-hydrogen) atoms. The summed E-state index contributed by atoms with van der Waals surface area (Å²) in [4.78, 5) is 68.1. The zero-order valence-electron chi connectivity index (χ0n) is 43.1. The molecule has 3 aromatic carbocycles. The first-order valence-corrected chi connectivity index (χ1v) is 25.5. The number of rotatable bonds is 16. The second-order valence-corrected chi connectivity index (χ2v) is 20.7. The zero-order valence-corrected chi connectivity index (χ0v) is 43.1. The molecule has 0 radical (unpaired) electrons. The Morgan fingerprint density at radius 2 is 1.56 bits per heavy atom. The summed E-state index contributed by atoms with van der Waals surface area (Å²) in [6, 6.07) is 18.6. The van der Waals surface area contributed by atoms with Gasteiger partial charge in [0.05, 0.1) is 28.9 Å². The zero-order chi connectivity index (χ0) is 52.6. The molecule has 3 fully saturated rings. The molecule has 1 spiro atoms. The summed E-state index contributed by atoms with van der Waals surface area (Å²) in [5.41, 5.74) is 1.52. The third-order valence-corrected chi connectivity index (χ3v) is 14.4. The van der Waals surface area contributed by atoms with Crippen LogP contribution >= 0.6 is 0 Å². The van der Waals surface area contributed by atoms with Crippen molar-refractivity contribution in [3.63, 3.8) is 0 Å². The second kappa shape index (κ2) is 23.5. The number of likely N-dealkylation sites (tertiary alicyclic amines) is 2. The number of benzene rings is 3. The number of amides is 4. The van der Waals surface area contributed by atoms with E-state index in [1.165, 1.54) is 35.6 Å². The van der Waals surface area contributed by atoms with Crippen LogP contribution in [0.15, 0.2) is 85.3 Å². The molecule has 1 aromatic heterocycles. The van der Waals surface area contributed by atoms with Crippen LogP contribution in [0.1, 0.15) is 119 Å². The summed E-state index contributed by atoms with van der Waals surface area (Å²) in [6.45, 7) is 17.0. The second-order valence-electron chi connectivity index (χ2n) is 20.7.